The van der Waals surface area contributed by atoms with Crippen LogP contribution in [-0.4, -0.2) is 49.8 Å². The lowest BCUT2D eigenvalue weighted by atomic mass is 10.1. The zero-order valence-electron chi connectivity index (χ0n) is 17.7. The summed E-state index contributed by atoms with van der Waals surface area (Å²) >= 11 is 0. The van der Waals surface area contributed by atoms with Crippen LogP contribution in [0.5, 0.6) is 5.75 Å². The van der Waals surface area contributed by atoms with Crippen molar-refractivity contribution in [1.82, 2.24) is 0 Å². The van der Waals surface area contributed by atoms with Gasteiger partial charge in [-0.3, -0.25) is 4.79 Å². The molecule has 30 heavy (non-hydrogen) atoms. The Labute approximate surface area is 178 Å². The summed E-state index contributed by atoms with van der Waals surface area (Å²) in [4.78, 5) is 19.1. The van der Waals surface area contributed by atoms with Gasteiger partial charge in [-0.15, -0.1) is 0 Å². The van der Waals surface area contributed by atoms with Gasteiger partial charge in [-0.1, -0.05) is 36.4 Å². The lowest BCUT2D eigenvalue weighted by molar-refractivity contribution is -0.914. The molecule has 3 aromatic rings. The van der Waals surface area contributed by atoms with Crippen molar-refractivity contribution in [2.75, 3.05) is 42.5 Å². The molecule has 1 heterocycles. The van der Waals surface area contributed by atoms with Gasteiger partial charge in [0.25, 0.3) is 5.91 Å². The molecular formula is C25H30N3O2+. The quantitative estimate of drug-likeness (QED) is 0.687. The second-order valence-electron chi connectivity index (χ2n) is 7.96. The van der Waals surface area contributed by atoms with E-state index in [1.54, 1.807) is 12.1 Å². The summed E-state index contributed by atoms with van der Waals surface area (Å²) in [6.07, 6.45) is 0. The minimum atomic E-state index is -0.0918. The summed E-state index contributed by atoms with van der Waals surface area (Å²) < 4.78 is 0. The number of anilines is 2. The number of quaternary nitrogens is 1. The third-order valence-corrected chi connectivity index (χ3v) is 6.24. The second-order valence-corrected chi connectivity index (χ2v) is 7.96. The number of hydrogen-bond donors (Lipinski definition) is 2. The second kappa shape index (κ2) is 8.76. The van der Waals surface area contributed by atoms with Crippen molar-refractivity contribution < 1.29 is 14.8 Å². The van der Waals surface area contributed by atoms with Crippen molar-refractivity contribution in [2.45, 2.75) is 19.9 Å². The molecule has 3 aromatic carbocycles. The lowest BCUT2D eigenvalue weighted by Gasteiger charge is -2.37. The number of amides is 1. The van der Waals surface area contributed by atoms with Gasteiger partial charge >= 0.3 is 0 Å². The predicted octanol–water partition coefficient (Wildman–Crippen LogP) is 2.69. The maximum Gasteiger partial charge on any atom is 0.284 e. The minimum Gasteiger partial charge on any atom is -0.508 e. The molecule has 1 aliphatic rings. The zero-order valence-corrected chi connectivity index (χ0v) is 17.7. The van der Waals surface area contributed by atoms with E-state index < -0.39 is 0 Å². The van der Waals surface area contributed by atoms with Gasteiger partial charge in [-0.2, -0.15) is 0 Å². The number of benzene rings is 3. The van der Waals surface area contributed by atoms with Crippen LogP contribution >= 0.6 is 0 Å². The molecule has 4 rings (SSSR count). The normalized spacial score (nSPS) is 15.9. The van der Waals surface area contributed by atoms with Crippen LogP contribution in [0.25, 0.3) is 10.8 Å². The molecule has 1 amide bonds. The number of carbonyl (C=O) groups excluding carboxylic acids is 1. The van der Waals surface area contributed by atoms with Crippen LogP contribution in [0.1, 0.15) is 13.8 Å². The Bertz CT molecular complexity index is 1010. The van der Waals surface area contributed by atoms with E-state index in [1.165, 1.54) is 4.90 Å². The summed E-state index contributed by atoms with van der Waals surface area (Å²) in [6, 6.07) is 21.7. The van der Waals surface area contributed by atoms with Crippen LogP contribution < -0.4 is 14.7 Å². The number of likely N-dealkylation sites (N-methyl/N-ethyl adjacent to an activating group) is 1. The predicted molar refractivity (Wildman–Crippen MR) is 122 cm³/mol. The third-order valence-electron chi connectivity index (χ3n) is 6.24. The SMILES string of the molecule is CCN(C(=O)[C@@H](C)[NH+]1CCN(c2ccc(O)cc2)CC1)c1cccc2ccccc12. The molecule has 0 aromatic heterocycles. The zero-order chi connectivity index (χ0) is 21.1. The smallest absolute Gasteiger partial charge is 0.284 e. The largest absolute Gasteiger partial charge is 0.508 e. The minimum absolute atomic E-state index is 0.0918. The first kappa shape index (κ1) is 20.2. The van der Waals surface area contributed by atoms with Crippen LogP contribution in [0, 0.1) is 0 Å². The van der Waals surface area contributed by atoms with Gasteiger partial charge in [0.05, 0.1) is 31.9 Å². The summed E-state index contributed by atoms with van der Waals surface area (Å²) in [7, 11) is 0. The number of phenolic OH excluding ortho intramolecular Hbond substituents is 1. The van der Waals surface area contributed by atoms with Crippen molar-refractivity contribution in [3.05, 3.63) is 66.7 Å². The monoisotopic (exact) mass is 404 g/mol. The fourth-order valence-corrected chi connectivity index (χ4v) is 4.45. The molecule has 1 saturated heterocycles. The Morgan fingerprint density at radius 2 is 1.70 bits per heavy atom. The number of rotatable bonds is 5. The first-order valence-corrected chi connectivity index (χ1v) is 10.8. The van der Waals surface area contributed by atoms with Gasteiger partial charge in [0.1, 0.15) is 5.75 Å². The highest BCUT2D eigenvalue weighted by molar-refractivity contribution is 6.04. The number of nitrogens with zero attached hydrogens (tertiary/aromatic N) is 2. The molecule has 0 aliphatic carbocycles. The molecule has 1 atom stereocenters. The molecule has 2 N–H and O–H groups in total. The molecule has 0 bridgehead atoms. The number of phenols is 1. The molecule has 5 heteroatoms. The number of piperazine rings is 1. The summed E-state index contributed by atoms with van der Waals surface area (Å²) in [5.41, 5.74) is 2.12. The van der Waals surface area contributed by atoms with Crippen molar-refractivity contribution in [1.29, 1.82) is 0 Å². The Balaban J connectivity index is 1.47. The van der Waals surface area contributed by atoms with Gasteiger partial charge in [0, 0.05) is 17.6 Å². The number of hydrogen-bond acceptors (Lipinski definition) is 3. The molecule has 0 unspecified atom stereocenters. The van der Waals surface area contributed by atoms with E-state index in [0.717, 1.165) is 48.3 Å². The van der Waals surface area contributed by atoms with E-state index in [4.69, 9.17) is 0 Å². The summed E-state index contributed by atoms with van der Waals surface area (Å²) in [6.45, 7) is 8.40. The van der Waals surface area contributed by atoms with Gasteiger partial charge in [0.2, 0.25) is 0 Å². The Hall–Kier alpha value is -3.05. The molecule has 5 nitrogen and oxygen atoms in total. The fourth-order valence-electron chi connectivity index (χ4n) is 4.45. The van der Waals surface area contributed by atoms with Crippen molar-refractivity contribution in [2.24, 2.45) is 0 Å². The summed E-state index contributed by atoms with van der Waals surface area (Å²) in [5.74, 6) is 0.470. The van der Waals surface area contributed by atoms with Crippen LogP contribution in [0.4, 0.5) is 11.4 Å². The van der Waals surface area contributed by atoms with Crippen molar-refractivity contribution in [3.8, 4) is 5.75 Å². The molecule has 1 aliphatic heterocycles. The molecule has 0 spiro atoms. The average Bonchev–Trinajstić information content (AvgIpc) is 2.80. The van der Waals surface area contributed by atoms with Crippen LogP contribution in [0.2, 0.25) is 0 Å². The number of aromatic hydroxyl groups is 1. The Kier molecular flexibility index (Phi) is 5.91. The van der Waals surface area contributed by atoms with Gasteiger partial charge < -0.3 is 19.8 Å². The fraction of sp³-hybridized carbons (Fsp3) is 0.320. The topological polar surface area (TPSA) is 48.2 Å². The molecule has 0 saturated carbocycles. The Morgan fingerprint density at radius 1 is 1.03 bits per heavy atom. The highest BCUT2D eigenvalue weighted by Gasteiger charge is 2.32. The Morgan fingerprint density at radius 3 is 2.40 bits per heavy atom. The first-order valence-electron chi connectivity index (χ1n) is 10.8. The van der Waals surface area contributed by atoms with Crippen LogP contribution in [0.15, 0.2) is 66.7 Å². The molecule has 1 fully saturated rings. The number of carbonyl (C=O) groups is 1. The van der Waals surface area contributed by atoms with E-state index in [-0.39, 0.29) is 17.7 Å². The molecule has 0 radical (unpaired) electrons. The third kappa shape index (κ3) is 3.98. The molecule has 156 valence electrons. The van der Waals surface area contributed by atoms with Crippen LogP contribution in [-0.2, 0) is 4.79 Å². The maximum absolute atomic E-state index is 13.5. The van der Waals surface area contributed by atoms with Crippen LogP contribution in [0.3, 0.4) is 0 Å². The van der Waals surface area contributed by atoms with E-state index in [9.17, 15) is 9.90 Å². The highest BCUT2D eigenvalue weighted by atomic mass is 16.3. The van der Waals surface area contributed by atoms with Crippen molar-refractivity contribution in [3.63, 3.8) is 0 Å². The maximum atomic E-state index is 13.5. The first-order chi connectivity index (χ1) is 14.6. The van der Waals surface area contributed by atoms with Gasteiger partial charge in [-0.05, 0) is 49.6 Å². The number of fused-ring (bicyclic) bond motifs is 1. The van der Waals surface area contributed by atoms with E-state index in [2.05, 4.69) is 36.1 Å². The van der Waals surface area contributed by atoms with Gasteiger partial charge in [0.15, 0.2) is 6.04 Å². The van der Waals surface area contributed by atoms with E-state index >= 15 is 0 Å². The van der Waals surface area contributed by atoms with Crippen molar-refractivity contribution >= 4 is 28.1 Å². The molecular weight excluding hydrogens is 374 g/mol. The standard InChI is InChI=1S/C25H29N3O2/c1-3-28(24-10-6-8-20-7-4-5-9-23(20)24)25(30)19(2)26-15-17-27(18-16-26)21-11-13-22(29)14-12-21/h4-14,19,29H,3,15-18H2,1-2H3/p+1/t19-/m1/s1. The number of nitrogens with one attached hydrogen (secondary N) is 1. The van der Waals surface area contributed by atoms with E-state index in [1.807, 2.05) is 42.2 Å². The van der Waals surface area contributed by atoms with E-state index in [0.29, 0.717) is 6.54 Å². The highest BCUT2D eigenvalue weighted by Crippen LogP contribution is 2.27. The summed E-state index contributed by atoms with van der Waals surface area (Å²) in [5, 5.41) is 11.8. The van der Waals surface area contributed by atoms with Gasteiger partial charge in [-0.25, -0.2) is 0 Å². The lowest BCUT2D eigenvalue weighted by Crippen LogP contribution is -3.19. The average molecular weight is 405 g/mol.